The van der Waals surface area contributed by atoms with E-state index < -0.39 is 0 Å². The smallest absolute Gasteiger partial charge is 0.178 e. The Labute approximate surface area is 200 Å². The lowest BCUT2D eigenvalue weighted by Crippen LogP contribution is -1.94. The number of nitrogens with zero attached hydrogens (tertiary/aromatic N) is 4. The third kappa shape index (κ3) is 2.15. The summed E-state index contributed by atoms with van der Waals surface area (Å²) >= 11 is 0. The van der Waals surface area contributed by atoms with E-state index in [0.29, 0.717) is 0 Å². The molecule has 2 aliphatic rings. The summed E-state index contributed by atoms with van der Waals surface area (Å²) < 4.78 is 2.22. The zero-order chi connectivity index (χ0) is 22.7. The number of hydrogen-bond acceptors (Lipinski definition) is 3. The second kappa shape index (κ2) is 6.10. The van der Waals surface area contributed by atoms with Crippen LogP contribution in [0.15, 0.2) is 85.2 Å². The first-order chi connectivity index (χ1) is 17.3. The van der Waals surface area contributed by atoms with Gasteiger partial charge in [0.05, 0.1) is 16.6 Å². The van der Waals surface area contributed by atoms with Crippen LogP contribution >= 0.6 is 0 Å². The minimum Gasteiger partial charge on any atom is -0.288 e. The third-order valence-corrected chi connectivity index (χ3v) is 7.96. The maximum Gasteiger partial charge on any atom is 0.178 e. The van der Waals surface area contributed by atoms with Crippen LogP contribution in [-0.2, 0) is 12.8 Å². The summed E-state index contributed by atoms with van der Waals surface area (Å²) in [5.41, 5.74) is 16.1. The summed E-state index contributed by atoms with van der Waals surface area (Å²) in [6, 6.07) is 26.4. The minimum atomic E-state index is 0.765. The second-order valence-electron chi connectivity index (χ2n) is 9.67. The Hall–Kier alpha value is -4.57. The molecule has 162 valence electrons. The molecule has 35 heavy (non-hydrogen) atoms. The van der Waals surface area contributed by atoms with Gasteiger partial charge < -0.3 is 0 Å². The van der Waals surface area contributed by atoms with Crippen LogP contribution in [-0.4, -0.2) is 19.4 Å². The van der Waals surface area contributed by atoms with E-state index >= 15 is 0 Å². The van der Waals surface area contributed by atoms with Crippen molar-refractivity contribution in [2.45, 2.75) is 12.8 Å². The van der Waals surface area contributed by atoms with Gasteiger partial charge in [-0.1, -0.05) is 36.4 Å². The average Bonchev–Trinajstić information content (AvgIpc) is 3.59. The van der Waals surface area contributed by atoms with Crippen LogP contribution in [0.4, 0.5) is 0 Å². The number of aromatic nitrogens is 4. The fourth-order valence-electron chi connectivity index (χ4n) is 6.46. The largest absolute Gasteiger partial charge is 0.288 e. The van der Waals surface area contributed by atoms with E-state index in [-0.39, 0.29) is 0 Å². The average molecular weight is 447 g/mol. The molecule has 0 saturated carbocycles. The third-order valence-electron chi connectivity index (χ3n) is 7.96. The Kier molecular flexibility index (Phi) is 3.11. The van der Waals surface area contributed by atoms with E-state index in [1.807, 2.05) is 24.5 Å². The van der Waals surface area contributed by atoms with E-state index in [2.05, 4.69) is 70.0 Å². The Balaban J connectivity index is 1.38. The molecule has 4 nitrogen and oxygen atoms in total. The van der Waals surface area contributed by atoms with Crippen molar-refractivity contribution >= 4 is 38.6 Å². The number of pyridine rings is 3. The summed E-state index contributed by atoms with van der Waals surface area (Å²) in [5, 5.41) is 2.29. The fourth-order valence-corrected chi connectivity index (χ4v) is 6.46. The first-order valence-corrected chi connectivity index (χ1v) is 12.0. The van der Waals surface area contributed by atoms with Crippen LogP contribution in [0.25, 0.3) is 60.9 Å². The zero-order valence-electron chi connectivity index (χ0n) is 18.8. The molecular weight excluding hydrogens is 428 g/mol. The van der Waals surface area contributed by atoms with E-state index in [9.17, 15) is 0 Å². The quantitative estimate of drug-likeness (QED) is 0.243. The molecule has 0 aliphatic heterocycles. The normalized spacial score (nSPS) is 13.5. The lowest BCUT2D eigenvalue weighted by atomic mass is 9.96. The maximum atomic E-state index is 4.98. The highest BCUT2D eigenvalue weighted by molar-refractivity contribution is 6.14. The van der Waals surface area contributed by atoms with Gasteiger partial charge in [0.1, 0.15) is 5.65 Å². The van der Waals surface area contributed by atoms with Crippen molar-refractivity contribution < 1.29 is 0 Å². The predicted octanol–water partition coefficient (Wildman–Crippen LogP) is 6.73. The monoisotopic (exact) mass is 446 g/mol. The van der Waals surface area contributed by atoms with Gasteiger partial charge in [-0.2, -0.15) is 0 Å². The first-order valence-electron chi connectivity index (χ1n) is 12.0. The fraction of sp³-hybridized carbons (Fsp3) is 0.0645. The molecule has 2 aliphatic carbocycles. The molecule has 9 rings (SSSR count). The Morgan fingerprint density at radius 2 is 1.37 bits per heavy atom. The van der Waals surface area contributed by atoms with Crippen molar-refractivity contribution in [2.24, 2.45) is 0 Å². The van der Waals surface area contributed by atoms with Gasteiger partial charge in [-0.3, -0.25) is 9.38 Å². The molecule has 0 atom stereocenters. The highest BCUT2D eigenvalue weighted by Crippen LogP contribution is 2.48. The molecule has 0 spiro atoms. The molecule has 3 aromatic carbocycles. The molecule has 4 heterocycles. The highest BCUT2D eigenvalue weighted by atomic mass is 15.1. The van der Waals surface area contributed by atoms with Crippen LogP contribution in [0.1, 0.15) is 22.3 Å². The zero-order valence-corrected chi connectivity index (χ0v) is 18.8. The lowest BCUT2D eigenvalue weighted by molar-refractivity contribution is 1.16. The van der Waals surface area contributed by atoms with Crippen LogP contribution in [0.2, 0.25) is 0 Å². The summed E-state index contributed by atoms with van der Waals surface area (Å²) in [7, 11) is 0. The van der Waals surface area contributed by atoms with E-state index in [4.69, 9.17) is 9.97 Å². The van der Waals surface area contributed by atoms with Crippen molar-refractivity contribution in [2.75, 3.05) is 0 Å². The molecule has 0 bridgehead atoms. The molecule has 0 unspecified atom stereocenters. The second-order valence-corrected chi connectivity index (χ2v) is 9.67. The lowest BCUT2D eigenvalue weighted by Gasteiger charge is -2.10. The molecule has 4 aromatic heterocycles. The molecule has 0 N–H and O–H groups in total. The van der Waals surface area contributed by atoms with Gasteiger partial charge in [0, 0.05) is 23.2 Å². The van der Waals surface area contributed by atoms with Crippen LogP contribution in [0, 0.1) is 0 Å². The topological polar surface area (TPSA) is 43.1 Å². The summed E-state index contributed by atoms with van der Waals surface area (Å²) in [6.07, 6.45) is 5.68. The van der Waals surface area contributed by atoms with E-state index in [0.717, 1.165) is 51.5 Å². The molecule has 0 saturated heterocycles. The number of imidazole rings is 1. The minimum absolute atomic E-state index is 0.765. The molecule has 4 heteroatoms. The van der Waals surface area contributed by atoms with Crippen molar-refractivity contribution in [3.63, 3.8) is 0 Å². The summed E-state index contributed by atoms with van der Waals surface area (Å²) in [5.74, 6) is 0. The molecule has 0 radical (unpaired) electrons. The first kappa shape index (κ1) is 17.8. The van der Waals surface area contributed by atoms with Crippen molar-refractivity contribution in [1.29, 1.82) is 0 Å². The van der Waals surface area contributed by atoms with Crippen molar-refractivity contribution in [1.82, 2.24) is 19.4 Å². The standard InChI is InChI=1S/C31H18N4/c1-2-6-19-17(5-1)13-23-20(19)9-10-21-22-16-26-25(15-18(22)14-24(21)23)29-27(7-3-11-32-29)35-28-8-4-12-33-30(28)34-31(26)35/h1-12,15-16H,13-14H2. The molecule has 7 aromatic rings. The number of benzene rings is 3. The molecular formula is C31H18N4. The van der Waals surface area contributed by atoms with Gasteiger partial charge in [0.25, 0.3) is 0 Å². The van der Waals surface area contributed by atoms with E-state index in [1.165, 1.54) is 44.5 Å². The van der Waals surface area contributed by atoms with Crippen molar-refractivity contribution in [3.05, 3.63) is 107 Å². The maximum absolute atomic E-state index is 4.98. The predicted molar refractivity (Wildman–Crippen MR) is 140 cm³/mol. The summed E-state index contributed by atoms with van der Waals surface area (Å²) in [4.78, 5) is 14.4. The van der Waals surface area contributed by atoms with Gasteiger partial charge in [0.15, 0.2) is 5.65 Å². The number of hydrogen-bond donors (Lipinski definition) is 0. The van der Waals surface area contributed by atoms with Crippen LogP contribution < -0.4 is 0 Å². The highest BCUT2D eigenvalue weighted by Gasteiger charge is 2.29. The SMILES string of the molecule is c1ccc2c(c1)Cc1c-2ccc2c1Cc1cc3c(cc1-2)c1nc2ncccc2n1c1cccnc31. The van der Waals surface area contributed by atoms with Gasteiger partial charge in [0.2, 0.25) is 0 Å². The Bertz CT molecular complexity index is 2070. The molecule has 0 amide bonds. The van der Waals surface area contributed by atoms with Gasteiger partial charge >= 0.3 is 0 Å². The van der Waals surface area contributed by atoms with Crippen LogP contribution in [0.5, 0.6) is 0 Å². The number of rotatable bonds is 0. The van der Waals surface area contributed by atoms with Gasteiger partial charge in [-0.25, -0.2) is 9.97 Å². The molecule has 0 fully saturated rings. The van der Waals surface area contributed by atoms with Crippen LogP contribution in [0.3, 0.4) is 0 Å². The summed E-state index contributed by atoms with van der Waals surface area (Å²) in [6.45, 7) is 0. The Morgan fingerprint density at radius 3 is 2.29 bits per heavy atom. The van der Waals surface area contributed by atoms with Gasteiger partial charge in [-0.15, -0.1) is 0 Å². The Morgan fingerprint density at radius 1 is 0.600 bits per heavy atom. The number of fused-ring (bicyclic) bond motifs is 15. The van der Waals surface area contributed by atoms with E-state index in [1.54, 1.807) is 0 Å². The van der Waals surface area contributed by atoms with Crippen molar-refractivity contribution in [3.8, 4) is 22.3 Å². The van der Waals surface area contributed by atoms with Gasteiger partial charge in [-0.05, 0) is 93.7 Å².